The van der Waals surface area contributed by atoms with Gasteiger partial charge in [0.2, 0.25) is 0 Å². The van der Waals surface area contributed by atoms with Gasteiger partial charge in [-0.15, -0.1) is 0 Å². The van der Waals surface area contributed by atoms with Crippen LogP contribution in [0.4, 0.5) is 0 Å². The molecule has 0 aromatic heterocycles. The highest BCUT2D eigenvalue weighted by Gasteiger charge is 2.41. The van der Waals surface area contributed by atoms with Crippen molar-refractivity contribution in [3.8, 4) is 0 Å². The summed E-state index contributed by atoms with van der Waals surface area (Å²) < 4.78 is 13.0. The summed E-state index contributed by atoms with van der Waals surface area (Å²) in [4.78, 5) is 2.69. The van der Waals surface area contributed by atoms with E-state index in [4.69, 9.17) is 8.85 Å². The van der Waals surface area contributed by atoms with Crippen molar-refractivity contribution < 1.29 is 8.85 Å². The van der Waals surface area contributed by atoms with Crippen LogP contribution >= 0.6 is 0 Å². The van der Waals surface area contributed by atoms with Gasteiger partial charge in [-0.2, -0.15) is 0 Å². The Kier molecular flexibility index (Phi) is 12.6. The predicted molar refractivity (Wildman–Crippen MR) is 186 cm³/mol. The highest BCUT2D eigenvalue weighted by Crippen LogP contribution is 2.42. The molecule has 0 radical (unpaired) electrons. The van der Waals surface area contributed by atoms with Gasteiger partial charge >= 0.3 is 0 Å². The number of rotatable bonds is 8. The van der Waals surface area contributed by atoms with E-state index in [0.29, 0.717) is 16.5 Å². The Morgan fingerprint density at radius 2 is 1.27 bits per heavy atom. The maximum absolute atomic E-state index is 6.59. The third kappa shape index (κ3) is 11.2. The molecule has 3 nitrogen and oxygen atoms in total. The number of nitrogens with zero attached hydrogens (tertiary/aromatic N) is 1. The highest BCUT2D eigenvalue weighted by molar-refractivity contribution is 6.74. The summed E-state index contributed by atoms with van der Waals surface area (Å²) in [5, 5.41) is 0.624. The first-order chi connectivity index (χ1) is 18.6. The fraction of sp³-hybridized carbons (Fsp3) is 0.833. The Labute approximate surface area is 258 Å². The number of hydrogen-bond donors (Lipinski definition) is 0. The molecule has 1 aliphatic heterocycles. The first kappa shape index (κ1) is 36.7. The van der Waals surface area contributed by atoms with E-state index < -0.39 is 16.6 Å². The lowest BCUT2D eigenvalue weighted by atomic mass is 9.72. The zero-order valence-corrected chi connectivity index (χ0v) is 31.9. The lowest BCUT2D eigenvalue weighted by Gasteiger charge is -2.49. The molecule has 1 saturated carbocycles. The van der Waals surface area contributed by atoms with E-state index in [1.807, 2.05) is 0 Å². The van der Waals surface area contributed by atoms with Crippen molar-refractivity contribution in [3.63, 3.8) is 0 Å². The molecular weight excluding hydrogens is 535 g/mol. The fourth-order valence-corrected chi connectivity index (χ4v) is 8.05. The SMILES string of the molecule is CC1(C)CCC[C@H](CO[Si](C)(C)C(C)(C)C)C1.CC1(C)CCC[C@H](CO[Si](C)(C)C(C)(C)C)N1Cc1ccccc1. The van der Waals surface area contributed by atoms with Crippen LogP contribution in [0.1, 0.15) is 120 Å². The van der Waals surface area contributed by atoms with E-state index >= 15 is 0 Å². The van der Waals surface area contributed by atoms with Crippen molar-refractivity contribution in [2.45, 2.75) is 169 Å². The molecule has 2 aliphatic rings. The second-order valence-corrected chi connectivity index (χ2v) is 27.4. The van der Waals surface area contributed by atoms with E-state index in [1.165, 1.54) is 50.5 Å². The molecule has 238 valence electrons. The second kappa shape index (κ2) is 14.1. The lowest BCUT2D eigenvalue weighted by Crippen LogP contribution is -2.55. The maximum atomic E-state index is 6.59. The van der Waals surface area contributed by atoms with Gasteiger partial charge in [-0.1, -0.05) is 92.1 Å². The van der Waals surface area contributed by atoms with Crippen LogP contribution in [0.5, 0.6) is 0 Å². The lowest BCUT2D eigenvalue weighted by molar-refractivity contribution is -0.00705. The fourth-order valence-electron chi connectivity index (χ4n) is 5.92. The molecule has 1 saturated heterocycles. The van der Waals surface area contributed by atoms with E-state index in [2.05, 4.69) is 131 Å². The smallest absolute Gasteiger partial charge is 0.192 e. The molecule has 0 N–H and O–H groups in total. The van der Waals surface area contributed by atoms with Crippen molar-refractivity contribution in [2.75, 3.05) is 13.2 Å². The Morgan fingerprint density at radius 3 is 1.78 bits per heavy atom. The molecule has 3 rings (SSSR count). The highest BCUT2D eigenvalue weighted by atomic mass is 28.4. The van der Waals surface area contributed by atoms with Crippen molar-refractivity contribution >= 4 is 16.6 Å². The van der Waals surface area contributed by atoms with Crippen LogP contribution in [0.3, 0.4) is 0 Å². The first-order valence-corrected chi connectivity index (χ1v) is 22.5. The average molecular weight is 604 g/mol. The summed E-state index contributed by atoms with van der Waals surface area (Å²) >= 11 is 0. The molecule has 5 heteroatoms. The van der Waals surface area contributed by atoms with Crippen molar-refractivity contribution in [2.24, 2.45) is 11.3 Å². The molecule has 2 atom stereocenters. The van der Waals surface area contributed by atoms with Gasteiger partial charge in [0.05, 0.1) is 0 Å². The van der Waals surface area contributed by atoms with Crippen LogP contribution < -0.4 is 0 Å². The molecule has 1 heterocycles. The second-order valence-electron chi connectivity index (χ2n) is 17.7. The first-order valence-electron chi connectivity index (χ1n) is 16.6. The molecule has 41 heavy (non-hydrogen) atoms. The Hall–Kier alpha value is -0.466. The Balaban J connectivity index is 0.000000305. The normalized spacial score (nSPS) is 24.0. The van der Waals surface area contributed by atoms with Gasteiger partial charge < -0.3 is 8.85 Å². The topological polar surface area (TPSA) is 21.7 Å². The minimum atomic E-state index is -1.68. The summed E-state index contributed by atoms with van der Waals surface area (Å²) in [6.07, 6.45) is 9.34. The van der Waals surface area contributed by atoms with Gasteiger partial charge in [0.25, 0.3) is 0 Å². The van der Waals surface area contributed by atoms with Gasteiger partial charge in [-0.3, -0.25) is 4.90 Å². The van der Waals surface area contributed by atoms with Gasteiger partial charge in [0.1, 0.15) is 0 Å². The number of hydrogen-bond acceptors (Lipinski definition) is 3. The average Bonchev–Trinajstić information content (AvgIpc) is 2.82. The van der Waals surface area contributed by atoms with Gasteiger partial charge in [0, 0.05) is 31.3 Å². The minimum Gasteiger partial charge on any atom is -0.417 e. The zero-order chi connectivity index (χ0) is 31.3. The molecule has 2 fully saturated rings. The van der Waals surface area contributed by atoms with Crippen LogP contribution in [0.2, 0.25) is 36.3 Å². The van der Waals surface area contributed by atoms with Gasteiger partial charge in [-0.05, 0) is 106 Å². The van der Waals surface area contributed by atoms with E-state index in [0.717, 1.165) is 25.7 Å². The number of benzene rings is 1. The van der Waals surface area contributed by atoms with E-state index in [1.54, 1.807) is 0 Å². The van der Waals surface area contributed by atoms with Crippen LogP contribution in [0.15, 0.2) is 30.3 Å². The summed E-state index contributed by atoms with van der Waals surface area (Å²) in [6, 6.07) is 11.4. The van der Waals surface area contributed by atoms with Crippen LogP contribution in [0, 0.1) is 11.3 Å². The monoisotopic (exact) mass is 603 g/mol. The molecule has 1 aromatic rings. The summed E-state index contributed by atoms with van der Waals surface area (Å²) in [7, 11) is -3.22. The van der Waals surface area contributed by atoms with Crippen molar-refractivity contribution in [3.05, 3.63) is 35.9 Å². The van der Waals surface area contributed by atoms with E-state index in [-0.39, 0.29) is 10.6 Å². The Bertz CT molecular complexity index is 912. The van der Waals surface area contributed by atoms with Crippen LogP contribution in [-0.2, 0) is 15.4 Å². The van der Waals surface area contributed by atoms with Crippen LogP contribution in [-0.4, -0.2) is 46.3 Å². The van der Waals surface area contributed by atoms with Crippen molar-refractivity contribution in [1.82, 2.24) is 4.90 Å². The van der Waals surface area contributed by atoms with Crippen molar-refractivity contribution in [1.29, 1.82) is 0 Å². The summed E-state index contributed by atoms with van der Waals surface area (Å²) in [6.45, 7) is 35.9. The zero-order valence-electron chi connectivity index (χ0n) is 29.9. The van der Waals surface area contributed by atoms with Crippen LogP contribution in [0.25, 0.3) is 0 Å². The largest absolute Gasteiger partial charge is 0.417 e. The van der Waals surface area contributed by atoms with Gasteiger partial charge in [-0.25, -0.2) is 0 Å². The maximum Gasteiger partial charge on any atom is 0.192 e. The third-order valence-electron chi connectivity index (χ3n) is 11.0. The molecule has 0 amide bonds. The standard InChI is InChI=1S/C21H37NOSi.C15H32OSi/c1-20(2,3)24(6,7)23-17-19-14-11-15-21(4,5)22(19)16-18-12-9-8-10-13-18;1-14(2,3)17(6,7)16-12-13-9-8-10-15(4,5)11-13/h8-10,12-13,19H,11,14-17H2,1-7H3;13H,8-12H2,1-7H3/t19-;13-/m10/s1. The molecule has 0 unspecified atom stereocenters. The molecule has 1 aliphatic carbocycles. The summed E-state index contributed by atoms with van der Waals surface area (Å²) in [5.41, 5.74) is 2.19. The van der Waals surface area contributed by atoms with E-state index in [9.17, 15) is 0 Å². The molecule has 1 aromatic carbocycles. The predicted octanol–water partition coefficient (Wildman–Crippen LogP) is 11.1. The molecular formula is C36H69NO2Si2. The van der Waals surface area contributed by atoms with Gasteiger partial charge in [0.15, 0.2) is 16.6 Å². The molecule has 0 spiro atoms. The third-order valence-corrected chi connectivity index (χ3v) is 20.0. The number of likely N-dealkylation sites (tertiary alicyclic amines) is 1. The summed E-state index contributed by atoms with van der Waals surface area (Å²) in [5.74, 6) is 0.799. The quantitative estimate of drug-likeness (QED) is 0.276. The Morgan fingerprint density at radius 1 is 0.756 bits per heavy atom. The molecule has 0 bridgehead atoms. The number of piperidine rings is 1. The minimum absolute atomic E-state index is 0.246.